The standard InChI is InChI=1S/C17H25NO/c1-18-12-11-17(14-19-17)16(13-18)10-6-5-9-15-7-3-2-4-8-15/h2-4,7-8,16H,5-6,9-14H2,1H3. The van der Waals surface area contributed by atoms with Crippen LogP contribution in [0.3, 0.4) is 0 Å². The van der Waals surface area contributed by atoms with Crippen LogP contribution in [0.2, 0.25) is 0 Å². The molecule has 2 unspecified atom stereocenters. The van der Waals surface area contributed by atoms with Crippen LogP contribution in [0.25, 0.3) is 0 Å². The Hall–Kier alpha value is -0.860. The molecule has 19 heavy (non-hydrogen) atoms. The van der Waals surface area contributed by atoms with E-state index in [4.69, 9.17) is 4.74 Å². The minimum atomic E-state index is 0.291. The second-order valence-corrected chi connectivity index (χ2v) is 6.29. The van der Waals surface area contributed by atoms with Gasteiger partial charge in [-0.2, -0.15) is 0 Å². The van der Waals surface area contributed by atoms with Crippen LogP contribution >= 0.6 is 0 Å². The minimum absolute atomic E-state index is 0.291. The molecule has 0 N–H and O–H groups in total. The highest BCUT2D eigenvalue weighted by Gasteiger charge is 2.52. The molecule has 2 aliphatic rings. The number of aryl methyl sites for hydroxylation is 1. The van der Waals surface area contributed by atoms with Crippen molar-refractivity contribution in [2.24, 2.45) is 5.92 Å². The van der Waals surface area contributed by atoms with Crippen LogP contribution in [0.1, 0.15) is 31.2 Å². The largest absolute Gasteiger partial charge is 0.369 e. The van der Waals surface area contributed by atoms with Gasteiger partial charge in [0.05, 0.1) is 12.2 Å². The summed E-state index contributed by atoms with van der Waals surface area (Å²) < 4.78 is 5.79. The van der Waals surface area contributed by atoms with Crippen LogP contribution in [0.5, 0.6) is 0 Å². The van der Waals surface area contributed by atoms with Crippen molar-refractivity contribution in [1.82, 2.24) is 4.90 Å². The average Bonchev–Trinajstić information content (AvgIpc) is 3.21. The summed E-state index contributed by atoms with van der Waals surface area (Å²) in [6.07, 6.45) is 6.43. The third-order valence-corrected chi connectivity index (χ3v) is 4.82. The second kappa shape index (κ2) is 5.64. The van der Waals surface area contributed by atoms with E-state index in [1.165, 1.54) is 50.8 Å². The number of likely N-dealkylation sites (tertiary alicyclic amines) is 1. The van der Waals surface area contributed by atoms with Gasteiger partial charge in [0, 0.05) is 19.0 Å². The Morgan fingerprint density at radius 3 is 2.79 bits per heavy atom. The summed E-state index contributed by atoms with van der Waals surface area (Å²) in [6.45, 7) is 3.45. The zero-order chi connectivity index (χ0) is 13.1. The molecule has 1 aromatic carbocycles. The van der Waals surface area contributed by atoms with Gasteiger partial charge in [0.25, 0.3) is 0 Å². The molecule has 0 radical (unpaired) electrons. The average molecular weight is 259 g/mol. The van der Waals surface area contributed by atoms with E-state index in [1.807, 2.05) is 0 Å². The zero-order valence-electron chi connectivity index (χ0n) is 12.0. The lowest BCUT2D eigenvalue weighted by Gasteiger charge is -2.35. The molecule has 0 bridgehead atoms. The van der Waals surface area contributed by atoms with Gasteiger partial charge in [-0.15, -0.1) is 0 Å². The van der Waals surface area contributed by atoms with Gasteiger partial charge in [-0.1, -0.05) is 36.8 Å². The van der Waals surface area contributed by atoms with Crippen LogP contribution in [0, 0.1) is 5.92 Å². The molecule has 0 saturated carbocycles. The highest BCUT2D eigenvalue weighted by atomic mass is 16.6. The molecule has 2 saturated heterocycles. The van der Waals surface area contributed by atoms with Crippen molar-refractivity contribution in [3.8, 4) is 0 Å². The number of ether oxygens (including phenoxy) is 1. The quantitative estimate of drug-likeness (QED) is 0.596. The third-order valence-electron chi connectivity index (χ3n) is 4.82. The summed E-state index contributed by atoms with van der Waals surface area (Å²) in [5, 5.41) is 0. The normalized spacial score (nSPS) is 30.7. The summed E-state index contributed by atoms with van der Waals surface area (Å²) in [4.78, 5) is 2.47. The number of piperidine rings is 1. The number of epoxide rings is 1. The monoisotopic (exact) mass is 259 g/mol. The van der Waals surface area contributed by atoms with Crippen LogP contribution in [0.4, 0.5) is 0 Å². The van der Waals surface area contributed by atoms with E-state index in [-0.39, 0.29) is 0 Å². The maximum absolute atomic E-state index is 5.79. The topological polar surface area (TPSA) is 15.8 Å². The first kappa shape index (κ1) is 13.1. The summed E-state index contributed by atoms with van der Waals surface area (Å²) in [7, 11) is 2.24. The fourth-order valence-electron chi connectivity index (χ4n) is 3.41. The van der Waals surface area contributed by atoms with Crippen molar-refractivity contribution >= 4 is 0 Å². The number of hydrogen-bond donors (Lipinski definition) is 0. The Morgan fingerprint density at radius 1 is 1.26 bits per heavy atom. The van der Waals surface area contributed by atoms with Crippen LogP contribution < -0.4 is 0 Å². The molecule has 1 spiro atoms. The van der Waals surface area contributed by atoms with Gasteiger partial charge in [0.15, 0.2) is 0 Å². The molecule has 2 heterocycles. The predicted molar refractivity (Wildman–Crippen MR) is 78.3 cm³/mol. The molecule has 2 nitrogen and oxygen atoms in total. The maximum atomic E-state index is 5.79. The lowest BCUT2D eigenvalue weighted by atomic mass is 9.82. The van der Waals surface area contributed by atoms with E-state index in [0.29, 0.717) is 5.60 Å². The highest BCUT2D eigenvalue weighted by Crippen LogP contribution is 2.44. The Balaban J connectivity index is 1.42. The molecule has 1 aromatic rings. The number of rotatable bonds is 5. The Morgan fingerprint density at radius 2 is 2.05 bits per heavy atom. The number of benzene rings is 1. The van der Waals surface area contributed by atoms with Gasteiger partial charge < -0.3 is 9.64 Å². The lowest BCUT2D eigenvalue weighted by molar-refractivity contribution is 0.0934. The molecule has 104 valence electrons. The number of hydrogen-bond acceptors (Lipinski definition) is 2. The molecule has 2 aliphatic heterocycles. The van der Waals surface area contributed by atoms with Gasteiger partial charge in [-0.3, -0.25) is 0 Å². The predicted octanol–water partition coefficient (Wildman–Crippen LogP) is 3.12. The zero-order valence-corrected chi connectivity index (χ0v) is 12.0. The first-order valence-corrected chi connectivity index (χ1v) is 7.65. The van der Waals surface area contributed by atoms with E-state index < -0.39 is 0 Å². The van der Waals surface area contributed by atoms with Gasteiger partial charge in [0.1, 0.15) is 0 Å². The third kappa shape index (κ3) is 3.18. The summed E-state index contributed by atoms with van der Waals surface area (Å²) in [5.74, 6) is 0.766. The number of nitrogens with zero attached hydrogens (tertiary/aromatic N) is 1. The molecule has 0 amide bonds. The second-order valence-electron chi connectivity index (χ2n) is 6.29. The SMILES string of the molecule is CN1CCC2(CO2)C(CCCCc2ccccc2)C1. The van der Waals surface area contributed by atoms with Crippen LogP contribution in [-0.4, -0.2) is 37.2 Å². The van der Waals surface area contributed by atoms with Crippen molar-refractivity contribution in [3.63, 3.8) is 0 Å². The molecule has 3 rings (SSSR count). The number of unbranched alkanes of at least 4 members (excludes halogenated alkanes) is 1. The molecule has 2 atom stereocenters. The molecular formula is C17H25NO. The van der Waals surface area contributed by atoms with Gasteiger partial charge in [-0.05, 0) is 38.3 Å². The summed E-state index contributed by atoms with van der Waals surface area (Å²) in [6, 6.07) is 10.8. The summed E-state index contributed by atoms with van der Waals surface area (Å²) in [5.41, 5.74) is 1.76. The Bertz CT molecular complexity index is 399. The first-order chi connectivity index (χ1) is 9.28. The molecule has 0 aliphatic carbocycles. The first-order valence-electron chi connectivity index (χ1n) is 7.65. The van der Waals surface area contributed by atoms with Crippen molar-refractivity contribution in [3.05, 3.63) is 35.9 Å². The van der Waals surface area contributed by atoms with E-state index in [0.717, 1.165) is 12.5 Å². The molecular weight excluding hydrogens is 234 g/mol. The lowest BCUT2D eigenvalue weighted by Crippen LogP contribution is -2.43. The van der Waals surface area contributed by atoms with Crippen molar-refractivity contribution in [2.45, 2.75) is 37.7 Å². The molecule has 0 aromatic heterocycles. The van der Waals surface area contributed by atoms with E-state index in [2.05, 4.69) is 42.3 Å². The van der Waals surface area contributed by atoms with Crippen molar-refractivity contribution in [2.75, 3.05) is 26.7 Å². The minimum Gasteiger partial charge on any atom is -0.369 e. The van der Waals surface area contributed by atoms with Gasteiger partial charge in [-0.25, -0.2) is 0 Å². The summed E-state index contributed by atoms with van der Waals surface area (Å²) >= 11 is 0. The van der Waals surface area contributed by atoms with Gasteiger partial charge >= 0.3 is 0 Å². The van der Waals surface area contributed by atoms with Crippen LogP contribution in [-0.2, 0) is 11.2 Å². The highest BCUT2D eigenvalue weighted by molar-refractivity contribution is 5.14. The van der Waals surface area contributed by atoms with Crippen molar-refractivity contribution < 1.29 is 4.74 Å². The smallest absolute Gasteiger partial charge is 0.0968 e. The Kier molecular flexibility index (Phi) is 3.90. The van der Waals surface area contributed by atoms with E-state index in [1.54, 1.807) is 0 Å². The fourth-order valence-corrected chi connectivity index (χ4v) is 3.41. The Labute approximate surface area is 116 Å². The maximum Gasteiger partial charge on any atom is 0.0968 e. The van der Waals surface area contributed by atoms with E-state index >= 15 is 0 Å². The van der Waals surface area contributed by atoms with E-state index in [9.17, 15) is 0 Å². The fraction of sp³-hybridized carbons (Fsp3) is 0.647. The van der Waals surface area contributed by atoms with Gasteiger partial charge in [0.2, 0.25) is 0 Å². The molecule has 2 fully saturated rings. The molecule has 2 heteroatoms. The van der Waals surface area contributed by atoms with Crippen LogP contribution in [0.15, 0.2) is 30.3 Å². The van der Waals surface area contributed by atoms with Crippen molar-refractivity contribution in [1.29, 1.82) is 0 Å².